The topological polar surface area (TPSA) is 90.0 Å². The number of amides is 3. The van der Waals surface area contributed by atoms with Crippen LogP contribution in [0.15, 0.2) is 0 Å². The van der Waals surface area contributed by atoms with Crippen molar-refractivity contribution >= 4 is 17.9 Å². The van der Waals surface area contributed by atoms with Crippen molar-refractivity contribution in [3.63, 3.8) is 0 Å². The van der Waals surface area contributed by atoms with Crippen LogP contribution in [0.3, 0.4) is 0 Å². The monoisotopic (exact) mass is 271 g/mol. The van der Waals surface area contributed by atoms with Gasteiger partial charge in [0.05, 0.1) is 0 Å². The van der Waals surface area contributed by atoms with Gasteiger partial charge < -0.3 is 20.2 Å². The molecule has 0 radical (unpaired) electrons. The Bertz CT molecular complexity index is 392. The summed E-state index contributed by atoms with van der Waals surface area (Å²) in [7, 11) is 4.66. The van der Waals surface area contributed by atoms with Crippen LogP contribution in [0.4, 0.5) is 4.79 Å². The van der Waals surface area contributed by atoms with Gasteiger partial charge in [0.15, 0.2) is 0 Å². The molecule has 3 amide bonds. The van der Waals surface area contributed by atoms with Crippen molar-refractivity contribution in [2.75, 3.05) is 27.7 Å². The lowest BCUT2D eigenvalue weighted by atomic mass is 9.96. The lowest BCUT2D eigenvalue weighted by Crippen LogP contribution is -2.57. The maximum atomic E-state index is 11.9. The van der Waals surface area contributed by atoms with Crippen LogP contribution in [0.2, 0.25) is 0 Å². The zero-order valence-electron chi connectivity index (χ0n) is 11.8. The molecule has 1 atom stereocenters. The number of carboxylic acids is 1. The molecule has 1 unspecified atom stereocenters. The molecule has 2 N–H and O–H groups in total. The lowest BCUT2D eigenvalue weighted by molar-refractivity contribution is -0.144. The van der Waals surface area contributed by atoms with E-state index in [2.05, 4.69) is 5.32 Å². The second-order valence-electron chi connectivity index (χ2n) is 5.36. The van der Waals surface area contributed by atoms with E-state index in [1.165, 1.54) is 23.8 Å². The molecule has 0 aromatic carbocycles. The van der Waals surface area contributed by atoms with E-state index >= 15 is 0 Å². The Hall–Kier alpha value is -1.79. The van der Waals surface area contributed by atoms with E-state index in [-0.39, 0.29) is 18.4 Å². The van der Waals surface area contributed by atoms with Gasteiger partial charge in [0.1, 0.15) is 12.1 Å². The molecule has 0 aromatic heterocycles. The van der Waals surface area contributed by atoms with Gasteiger partial charge in [-0.05, 0) is 25.7 Å². The van der Waals surface area contributed by atoms with Gasteiger partial charge in [-0.2, -0.15) is 0 Å². The summed E-state index contributed by atoms with van der Waals surface area (Å²) in [6.07, 6.45) is 1.59. The van der Waals surface area contributed by atoms with Crippen LogP contribution >= 0.6 is 0 Å². The van der Waals surface area contributed by atoms with Gasteiger partial charge in [-0.1, -0.05) is 0 Å². The normalized spacial score (nSPS) is 17.3. The molecular weight excluding hydrogens is 250 g/mol. The van der Waals surface area contributed by atoms with E-state index in [0.717, 1.165) is 12.8 Å². The number of carbonyl (C=O) groups excluding carboxylic acids is 2. The molecule has 19 heavy (non-hydrogen) atoms. The van der Waals surface area contributed by atoms with E-state index in [1.807, 2.05) is 0 Å². The van der Waals surface area contributed by atoms with Crippen LogP contribution < -0.4 is 5.32 Å². The Morgan fingerprint density at radius 1 is 1.26 bits per heavy atom. The van der Waals surface area contributed by atoms with E-state index in [0.29, 0.717) is 0 Å². The summed E-state index contributed by atoms with van der Waals surface area (Å²) in [6, 6.07) is -0.549. The third kappa shape index (κ3) is 3.59. The molecule has 0 spiro atoms. The number of aliphatic carboxylic acids is 1. The van der Waals surface area contributed by atoms with Crippen molar-refractivity contribution < 1.29 is 19.5 Å². The Morgan fingerprint density at radius 3 is 2.16 bits per heavy atom. The van der Waals surface area contributed by atoms with Crippen molar-refractivity contribution in [1.29, 1.82) is 0 Å². The highest BCUT2D eigenvalue weighted by Gasteiger charge is 2.49. The quantitative estimate of drug-likeness (QED) is 0.734. The number of carbonyl (C=O) groups is 3. The zero-order chi connectivity index (χ0) is 14.8. The number of urea groups is 1. The summed E-state index contributed by atoms with van der Waals surface area (Å²) in [5, 5.41) is 11.8. The summed E-state index contributed by atoms with van der Waals surface area (Å²) in [5.74, 6) is -1.30. The van der Waals surface area contributed by atoms with E-state index in [4.69, 9.17) is 0 Å². The summed E-state index contributed by atoms with van der Waals surface area (Å²) in [6.45, 7) is 1.42. The number of rotatable bonds is 5. The molecule has 0 aromatic rings. The minimum atomic E-state index is -1.26. The Balaban J connectivity index is 2.62. The molecule has 0 bridgehead atoms. The van der Waals surface area contributed by atoms with Crippen molar-refractivity contribution in [2.24, 2.45) is 5.92 Å². The maximum absolute atomic E-state index is 11.9. The van der Waals surface area contributed by atoms with E-state index < -0.39 is 17.5 Å². The van der Waals surface area contributed by atoms with Crippen molar-refractivity contribution in [3.8, 4) is 0 Å². The molecule has 1 aliphatic carbocycles. The van der Waals surface area contributed by atoms with Crippen molar-refractivity contribution in [1.82, 2.24) is 15.1 Å². The molecule has 7 nitrogen and oxygen atoms in total. The molecule has 1 saturated carbocycles. The standard InChI is InChI=1S/C12H21N3O4/c1-12(10(17)18,8-5-6-8)13-11(19)15(4)7-9(16)14(2)3/h8H,5-7H2,1-4H3,(H,13,19)(H,17,18). The highest BCUT2D eigenvalue weighted by Crippen LogP contribution is 2.39. The minimum absolute atomic E-state index is 0.0353. The molecule has 108 valence electrons. The average Bonchev–Trinajstić information content (AvgIpc) is 3.11. The van der Waals surface area contributed by atoms with E-state index in [1.54, 1.807) is 14.1 Å². The third-order valence-corrected chi connectivity index (χ3v) is 3.42. The summed E-state index contributed by atoms with van der Waals surface area (Å²) in [5.41, 5.74) is -1.26. The van der Waals surface area contributed by atoms with Gasteiger partial charge in [-0.3, -0.25) is 4.79 Å². The summed E-state index contributed by atoms with van der Waals surface area (Å²) >= 11 is 0. The van der Waals surface area contributed by atoms with Crippen LogP contribution in [-0.4, -0.2) is 66.0 Å². The molecule has 1 rings (SSSR count). The molecule has 0 saturated heterocycles. The van der Waals surface area contributed by atoms with Gasteiger partial charge in [0, 0.05) is 21.1 Å². The first-order valence-corrected chi connectivity index (χ1v) is 6.15. The fraction of sp³-hybridized carbons (Fsp3) is 0.750. The SMILES string of the molecule is CN(C)C(=O)CN(C)C(=O)NC(C)(C(=O)O)C1CC1. The van der Waals surface area contributed by atoms with Crippen molar-refractivity contribution in [2.45, 2.75) is 25.3 Å². The van der Waals surface area contributed by atoms with Crippen LogP contribution in [-0.2, 0) is 9.59 Å². The second kappa shape index (κ2) is 5.46. The number of hydrogen-bond acceptors (Lipinski definition) is 3. The van der Waals surface area contributed by atoms with Gasteiger partial charge in [-0.25, -0.2) is 9.59 Å². The van der Waals surface area contributed by atoms with Gasteiger partial charge in [-0.15, -0.1) is 0 Å². The Morgan fingerprint density at radius 2 is 1.79 bits per heavy atom. The van der Waals surface area contributed by atoms with Gasteiger partial charge in [0.2, 0.25) is 5.91 Å². The van der Waals surface area contributed by atoms with Gasteiger partial charge >= 0.3 is 12.0 Å². The van der Waals surface area contributed by atoms with Crippen LogP contribution in [0.1, 0.15) is 19.8 Å². The van der Waals surface area contributed by atoms with Gasteiger partial charge in [0.25, 0.3) is 0 Å². The molecule has 7 heteroatoms. The highest BCUT2D eigenvalue weighted by molar-refractivity contribution is 5.88. The predicted octanol–water partition coefficient (Wildman–Crippen LogP) is -0.0307. The smallest absolute Gasteiger partial charge is 0.329 e. The number of carboxylic acid groups (broad SMARTS) is 1. The molecule has 1 aliphatic rings. The minimum Gasteiger partial charge on any atom is -0.480 e. The molecule has 0 aliphatic heterocycles. The Kier molecular flexibility index (Phi) is 4.39. The maximum Gasteiger partial charge on any atom is 0.329 e. The average molecular weight is 271 g/mol. The predicted molar refractivity (Wildman–Crippen MR) is 68.6 cm³/mol. The fourth-order valence-electron chi connectivity index (χ4n) is 1.72. The Labute approximate surface area is 112 Å². The van der Waals surface area contributed by atoms with Crippen molar-refractivity contribution in [3.05, 3.63) is 0 Å². The molecular formula is C12H21N3O4. The second-order valence-corrected chi connectivity index (χ2v) is 5.36. The first kappa shape index (κ1) is 15.3. The largest absolute Gasteiger partial charge is 0.480 e. The third-order valence-electron chi connectivity index (χ3n) is 3.42. The van der Waals surface area contributed by atoms with Crippen LogP contribution in [0.25, 0.3) is 0 Å². The lowest BCUT2D eigenvalue weighted by Gasteiger charge is -2.29. The molecule has 1 fully saturated rings. The number of hydrogen-bond donors (Lipinski definition) is 2. The van der Waals surface area contributed by atoms with Crippen LogP contribution in [0.5, 0.6) is 0 Å². The zero-order valence-corrected chi connectivity index (χ0v) is 11.8. The summed E-state index contributed by atoms with van der Waals surface area (Å²) in [4.78, 5) is 37.3. The fourth-order valence-corrected chi connectivity index (χ4v) is 1.72. The first-order chi connectivity index (χ1) is 8.68. The number of likely N-dealkylation sites (N-methyl/N-ethyl adjacent to an activating group) is 2. The van der Waals surface area contributed by atoms with Crippen LogP contribution in [0, 0.1) is 5.92 Å². The van der Waals surface area contributed by atoms with E-state index in [9.17, 15) is 19.5 Å². The number of nitrogens with zero attached hydrogens (tertiary/aromatic N) is 2. The molecule has 0 heterocycles. The highest BCUT2D eigenvalue weighted by atomic mass is 16.4. The number of nitrogens with one attached hydrogen (secondary N) is 1. The first-order valence-electron chi connectivity index (χ1n) is 6.15. The summed E-state index contributed by atoms with van der Waals surface area (Å²) < 4.78 is 0.